The summed E-state index contributed by atoms with van der Waals surface area (Å²) in [7, 11) is 0. The standard InChI is InChI=1S/C18H29NO/c1-4-17(16-9-7-14(2)8-10-16)19-13-18(20)11-5-6-15(3)12-18/h7-10,15,17,19-20H,4-6,11-13H2,1-3H3. The lowest BCUT2D eigenvalue weighted by molar-refractivity contribution is -0.0138. The van der Waals surface area contributed by atoms with E-state index in [2.05, 4.69) is 50.4 Å². The molecule has 1 fully saturated rings. The first-order chi connectivity index (χ1) is 9.52. The smallest absolute Gasteiger partial charge is 0.0774 e. The summed E-state index contributed by atoms with van der Waals surface area (Å²) in [6, 6.07) is 9.07. The fourth-order valence-electron chi connectivity index (χ4n) is 3.40. The number of benzene rings is 1. The Morgan fingerprint density at radius 1 is 1.35 bits per heavy atom. The lowest BCUT2D eigenvalue weighted by atomic mass is 9.79. The van der Waals surface area contributed by atoms with Gasteiger partial charge in [0.15, 0.2) is 0 Å². The van der Waals surface area contributed by atoms with Crippen LogP contribution < -0.4 is 5.32 Å². The molecule has 0 heterocycles. The van der Waals surface area contributed by atoms with E-state index in [0.717, 1.165) is 25.7 Å². The molecule has 0 radical (unpaired) electrons. The quantitative estimate of drug-likeness (QED) is 0.852. The number of hydrogen-bond acceptors (Lipinski definition) is 2. The average molecular weight is 275 g/mol. The molecule has 0 spiro atoms. The zero-order chi connectivity index (χ0) is 14.6. The Bertz CT molecular complexity index is 414. The predicted octanol–water partition coefficient (Wildman–Crippen LogP) is 3.98. The summed E-state index contributed by atoms with van der Waals surface area (Å²) >= 11 is 0. The molecule has 0 amide bonds. The van der Waals surface area contributed by atoms with Crippen molar-refractivity contribution in [2.45, 2.75) is 64.5 Å². The molecule has 1 aliphatic rings. The van der Waals surface area contributed by atoms with Gasteiger partial charge in [-0.15, -0.1) is 0 Å². The molecule has 112 valence electrons. The lowest BCUT2D eigenvalue weighted by Gasteiger charge is -2.37. The van der Waals surface area contributed by atoms with Crippen LogP contribution in [0.2, 0.25) is 0 Å². The maximum absolute atomic E-state index is 10.7. The van der Waals surface area contributed by atoms with Gasteiger partial charge < -0.3 is 10.4 Å². The van der Waals surface area contributed by atoms with Crippen LogP contribution in [0.4, 0.5) is 0 Å². The van der Waals surface area contributed by atoms with Gasteiger partial charge in [0.1, 0.15) is 0 Å². The van der Waals surface area contributed by atoms with Crippen molar-refractivity contribution >= 4 is 0 Å². The second kappa shape index (κ2) is 6.73. The maximum Gasteiger partial charge on any atom is 0.0774 e. The fraction of sp³-hybridized carbons (Fsp3) is 0.667. The zero-order valence-electron chi connectivity index (χ0n) is 13.2. The molecule has 3 unspecified atom stereocenters. The van der Waals surface area contributed by atoms with Crippen molar-refractivity contribution in [3.05, 3.63) is 35.4 Å². The van der Waals surface area contributed by atoms with E-state index in [1.165, 1.54) is 17.5 Å². The van der Waals surface area contributed by atoms with Crippen molar-refractivity contribution in [1.82, 2.24) is 5.32 Å². The number of rotatable bonds is 5. The molecule has 2 heteroatoms. The highest BCUT2D eigenvalue weighted by Crippen LogP contribution is 2.32. The number of aliphatic hydroxyl groups is 1. The van der Waals surface area contributed by atoms with E-state index in [0.29, 0.717) is 18.5 Å². The molecule has 0 bridgehead atoms. The van der Waals surface area contributed by atoms with Crippen LogP contribution in [0.25, 0.3) is 0 Å². The lowest BCUT2D eigenvalue weighted by Crippen LogP contribution is -2.45. The van der Waals surface area contributed by atoms with Gasteiger partial charge in [-0.1, -0.05) is 56.5 Å². The van der Waals surface area contributed by atoms with Crippen LogP contribution in [0.15, 0.2) is 24.3 Å². The topological polar surface area (TPSA) is 32.3 Å². The van der Waals surface area contributed by atoms with Crippen molar-refractivity contribution in [2.75, 3.05) is 6.54 Å². The normalized spacial score (nSPS) is 28.3. The van der Waals surface area contributed by atoms with Gasteiger partial charge >= 0.3 is 0 Å². The van der Waals surface area contributed by atoms with Gasteiger partial charge in [-0.2, -0.15) is 0 Å². The monoisotopic (exact) mass is 275 g/mol. The van der Waals surface area contributed by atoms with E-state index in [1.807, 2.05) is 0 Å². The Balaban J connectivity index is 1.95. The van der Waals surface area contributed by atoms with Gasteiger partial charge in [-0.25, -0.2) is 0 Å². The SMILES string of the molecule is CCC(NCC1(O)CCCC(C)C1)c1ccc(C)cc1. The summed E-state index contributed by atoms with van der Waals surface area (Å²) in [6.07, 6.45) is 5.34. The minimum Gasteiger partial charge on any atom is -0.389 e. The molecule has 0 aromatic heterocycles. The third kappa shape index (κ3) is 4.07. The van der Waals surface area contributed by atoms with Crippen molar-refractivity contribution < 1.29 is 5.11 Å². The second-order valence-corrected chi connectivity index (χ2v) is 6.68. The number of nitrogens with one attached hydrogen (secondary N) is 1. The Hall–Kier alpha value is -0.860. The van der Waals surface area contributed by atoms with Crippen molar-refractivity contribution in [3.63, 3.8) is 0 Å². The Morgan fingerprint density at radius 2 is 2.05 bits per heavy atom. The third-order valence-electron chi connectivity index (χ3n) is 4.63. The Morgan fingerprint density at radius 3 is 2.65 bits per heavy atom. The predicted molar refractivity (Wildman–Crippen MR) is 84.8 cm³/mol. The molecule has 1 aromatic carbocycles. The first kappa shape index (κ1) is 15.5. The van der Waals surface area contributed by atoms with Gasteiger partial charge in [0, 0.05) is 12.6 Å². The maximum atomic E-state index is 10.7. The van der Waals surface area contributed by atoms with Crippen molar-refractivity contribution in [2.24, 2.45) is 5.92 Å². The van der Waals surface area contributed by atoms with Crippen LogP contribution in [-0.4, -0.2) is 17.3 Å². The van der Waals surface area contributed by atoms with Crippen LogP contribution in [-0.2, 0) is 0 Å². The first-order valence-corrected chi connectivity index (χ1v) is 8.05. The summed E-state index contributed by atoms with van der Waals surface area (Å²) in [5.74, 6) is 0.648. The van der Waals surface area contributed by atoms with Crippen LogP contribution >= 0.6 is 0 Å². The largest absolute Gasteiger partial charge is 0.389 e. The van der Waals surface area contributed by atoms with Crippen molar-refractivity contribution in [3.8, 4) is 0 Å². The average Bonchev–Trinajstić information content (AvgIpc) is 2.41. The van der Waals surface area contributed by atoms with Gasteiger partial charge in [-0.3, -0.25) is 0 Å². The van der Waals surface area contributed by atoms with Crippen LogP contribution in [0.5, 0.6) is 0 Å². The van der Waals surface area contributed by atoms with Crippen LogP contribution in [0, 0.1) is 12.8 Å². The highest BCUT2D eigenvalue weighted by atomic mass is 16.3. The molecule has 2 rings (SSSR count). The summed E-state index contributed by atoms with van der Waals surface area (Å²) in [5, 5.41) is 14.3. The zero-order valence-corrected chi connectivity index (χ0v) is 13.2. The molecule has 1 aromatic rings. The number of hydrogen-bond donors (Lipinski definition) is 2. The summed E-state index contributed by atoms with van der Waals surface area (Å²) < 4.78 is 0. The molecule has 0 saturated heterocycles. The van der Waals surface area contributed by atoms with Gasteiger partial charge in [0.05, 0.1) is 5.60 Å². The Kier molecular flexibility index (Phi) is 5.22. The van der Waals surface area contributed by atoms with E-state index in [4.69, 9.17) is 0 Å². The molecular formula is C18H29NO. The second-order valence-electron chi connectivity index (χ2n) is 6.68. The van der Waals surface area contributed by atoms with Crippen LogP contribution in [0.3, 0.4) is 0 Å². The van der Waals surface area contributed by atoms with E-state index in [-0.39, 0.29) is 0 Å². The molecule has 1 saturated carbocycles. The molecule has 3 atom stereocenters. The summed E-state index contributed by atoms with van der Waals surface area (Å²) in [4.78, 5) is 0. The molecule has 1 aliphatic carbocycles. The minimum atomic E-state index is -0.504. The van der Waals surface area contributed by atoms with Gasteiger partial charge in [-0.05, 0) is 37.7 Å². The summed E-state index contributed by atoms with van der Waals surface area (Å²) in [5.41, 5.74) is 2.12. The van der Waals surface area contributed by atoms with E-state index in [9.17, 15) is 5.11 Å². The number of aryl methyl sites for hydroxylation is 1. The molecule has 0 aliphatic heterocycles. The summed E-state index contributed by atoms with van der Waals surface area (Å²) in [6.45, 7) is 7.28. The Labute approximate surface area is 123 Å². The molecule has 2 N–H and O–H groups in total. The van der Waals surface area contributed by atoms with Crippen molar-refractivity contribution in [1.29, 1.82) is 0 Å². The fourth-order valence-corrected chi connectivity index (χ4v) is 3.40. The van der Waals surface area contributed by atoms with E-state index in [1.54, 1.807) is 0 Å². The highest BCUT2D eigenvalue weighted by molar-refractivity contribution is 5.24. The molecular weight excluding hydrogens is 246 g/mol. The van der Waals surface area contributed by atoms with E-state index < -0.39 is 5.60 Å². The van der Waals surface area contributed by atoms with E-state index >= 15 is 0 Å². The highest BCUT2D eigenvalue weighted by Gasteiger charge is 2.32. The third-order valence-corrected chi connectivity index (χ3v) is 4.63. The molecule has 20 heavy (non-hydrogen) atoms. The van der Waals surface area contributed by atoms with Gasteiger partial charge in [0.2, 0.25) is 0 Å². The molecule has 2 nitrogen and oxygen atoms in total. The minimum absolute atomic E-state index is 0.344. The van der Waals surface area contributed by atoms with Gasteiger partial charge in [0.25, 0.3) is 0 Å². The van der Waals surface area contributed by atoms with Crippen LogP contribution in [0.1, 0.15) is 63.1 Å². The first-order valence-electron chi connectivity index (χ1n) is 8.05.